The van der Waals surface area contributed by atoms with Crippen LogP contribution < -0.4 is 9.64 Å². The summed E-state index contributed by atoms with van der Waals surface area (Å²) in [4.78, 5) is 17.5. The van der Waals surface area contributed by atoms with E-state index in [1.165, 1.54) is 24.3 Å². The van der Waals surface area contributed by atoms with Crippen molar-refractivity contribution in [2.75, 3.05) is 11.4 Å². The Morgan fingerprint density at radius 3 is 2.37 bits per heavy atom. The number of para-hydroxylation sites is 1. The van der Waals surface area contributed by atoms with Crippen LogP contribution in [0.25, 0.3) is 0 Å². The summed E-state index contributed by atoms with van der Waals surface area (Å²) in [6, 6.07) is 18.8. The van der Waals surface area contributed by atoms with Crippen molar-refractivity contribution in [2.24, 2.45) is 0 Å². The lowest BCUT2D eigenvalue weighted by atomic mass is 10.1. The summed E-state index contributed by atoms with van der Waals surface area (Å²) in [6.45, 7) is -1.39. The van der Waals surface area contributed by atoms with Gasteiger partial charge in [0, 0.05) is 23.5 Å². The second-order valence-electron chi connectivity index (χ2n) is 5.64. The van der Waals surface area contributed by atoms with Gasteiger partial charge in [-0.25, -0.2) is 4.98 Å². The number of pyridine rings is 1. The zero-order valence-corrected chi connectivity index (χ0v) is 14.1. The van der Waals surface area contributed by atoms with E-state index >= 15 is 0 Å². The summed E-state index contributed by atoms with van der Waals surface area (Å²) in [5.74, 6) is -0.151. The molecule has 0 bridgehead atoms. The number of hydrogen-bond acceptors (Lipinski definition) is 3. The van der Waals surface area contributed by atoms with Crippen LogP contribution in [-0.2, 0) is 0 Å². The number of amides is 1. The predicted octanol–water partition coefficient (Wildman–Crippen LogP) is 5.08. The van der Waals surface area contributed by atoms with Crippen LogP contribution in [0, 0.1) is 0 Å². The van der Waals surface area contributed by atoms with Crippen LogP contribution in [0.1, 0.15) is 10.4 Å². The summed E-state index contributed by atoms with van der Waals surface area (Å²) in [6.07, 6.45) is -2.99. The van der Waals surface area contributed by atoms with E-state index in [-0.39, 0.29) is 11.3 Å². The van der Waals surface area contributed by atoms with Gasteiger partial charge in [-0.05, 0) is 36.4 Å². The monoisotopic (exact) mass is 372 g/mol. The summed E-state index contributed by atoms with van der Waals surface area (Å²) < 4.78 is 44.6. The average Bonchev–Trinajstić information content (AvgIpc) is 2.67. The summed E-state index contributed by atoms with van der Waals surface area (Å²) in [7, 11) is 0. The molecule has 0 spiro atoms. The van der Waals surface area contributed by atoms with Gasteiger partial charge in [-0.1, -0.05) is 30.3 Å². The van der Waals surface area contributed by atoms with Gasteiger partial charge in [-0.15, -0.1) is 0 Å². The molecule has 0 saturated heterocycles. The maximum Gasteiger partial charge on any atom is 0.406 e. The molecule has 0 aliphatic heterocycles. The van der Waals surface area contributed by atoms with E-state index in [0.29, 0.717) is 16.5 Å². The van der Waals surface area contributed by atoms with Gasteiger partial charge in [-0.3, -0.25) is 9.69 Å². The quantitative estimate of drug-likeness (QED) is 0.627. The number of aromatic nitrogens is 1. The summed E-state index contributed by atoms with van der Waals surface area (Å²) in [5, 5.41) is 0. The molecule has 138 valence electrons. The minimum Gasteiger partial charge on any atom is -0.439 e. The van der Waals surface area contributed by atoms with Gasteiger partial charge < -0.3 is 4.74 Å². The fourth-order valence-corrected chi connectivity index (χ4v) is 2.44. The van der Waals surface area contributed by atoms with Crippen molar-refractivity contribution in [2.45, 2.75) is 6.18 Å². The number of rotatable bonds is 5. The minimum absolute atomic E-state index is 0.0801. The number of ether oxygens (including phenoxy) is 1. The molecule has 0 aliphatic carbocycles. The van der Waals surface area contributed by atoms with E-state index < -0.39 is 18.6 Å². The van der Waals surface area contributed by atoms with Crippen LogP contribution in [0.15, 0.2) is 79.0 Å². The lowest BCUT2D eigenvalue weighted by Gasteiger charge is -2.24. The molecule has 1 amide bonds. The Kier molecular flexibility index (Phi) is 5.40. The van der Waals surface area contributed by atoms with Crippen molar-refractivity contribution in [1.29, 1.82) is 0 Å². The second kappa shape index (κ2) is 7.90. The molecule has 0 atom stereocenters. The van der Waals surface area contributed by atoms with Crippen LogP contribution >= 0.6 is 0 Å². The number of hydrogen-bond donors (Lipinski definition) is 0. The van der Waals surface area contributed by atoms with Gasteiger partial charge >= 0.3 is 6.18 Å². The van der Waals surface area contributed by atoms with E-state index in [4.69, 9.17) is 4.74 Å². The molecule has 0 N–H and O–H groups in total. The van der Waals surface area contributed by atoms with Crippen molar-refractivity contribution in [1.82, 2.24) is 4.98 Å². The zero-order chi connectivity index (χ0) is 19.3. The zero-order valence-electron chi connectivity index (χ0n) is 14.1. The highest BCUT2D eigenvalue weighted by atomic mass is 19.4. The topological polar surface area (TPSA) is 42.4 Å². The molecule has 3 aromatic rings. The van der Waals surface area contributed by atoms with Crippen molar-refractivity contribution in [3.8, 4) is 11.6 Å². The molecular weight excluding hydrogens is 357 g/mol. The van der Waals surface area contributed by atoms with Gasteiger partial charge in [0.1, 0.15) is 12.3 Å². The first-order chi connectivity index (χ1) is 12.9. The maximum atomic E-state index is 13.0. The molecule has 0 aliphatic rings. The number of halogens is 3. The standard InChI is InChI=1S/C20H15F3N2O2/c21-20(22,23)14-25(16-8-2-1-3-9-16)19(26)15-7-6-10-17(13-15)27-18-11-4-5-12-24-18/h1-13H,14H2. The molecular formula is C20H15F3N2O2. The molecule has 27 heavy (non-hydrogen) atoms. The number of carbonyl (C=O) groups is 1. The number of carbonyl (C=O) groups excluding carboxylic acids is 1. The molecule has 0 radical (unpaired) electrons. The summed E-state index contributed by atoms with van der Waals surface area (Å²) in [5.41, 5.74) is 0.243. The molecule has 1 heterocycles. The Labute approximate surface area is 153 Å². The van der Waals surface area contributed by atoms with Gasteiger partial charge in [0.05, 0.1) is 0 Å². The molecule has 4 nitrogen and oxygen atoms in total. The van der Waals surface area contributed by atoms with Gasteiger partial charge in [-0.2, -0.15) is 13.2 Å². The van der Waals surface area contributed by atoms with Gasteiger partial charge in [0.2, 0.25) is 5.88 Å². The normalized spacial score (nSPS) is 11.1. The van der Waals surface area contributed by atoms with E-state index in [1.54, 1.807) is 54.7 Å². The van der Waals surface area contributed by atoms with E-state index in [0.717, 1.165) is 0 Å². The largest absolute Gasteiger partial charge is 0.439 e. The highest BCUT2D eigenvalue weighted by molar-refractivity contribution is 6.06. The molecule has 0 saturated carbocycles. The molecule has 0 unspecified atom stereocenters. The Morgan fingerprint density at radius 1 is 0.963 bits per heavy atom. The summed E-state index contributed by atoms with van der Waals surface area (Å²) >= 11 is 0. The maximum absolute atomic E-state index is 13.0. The lowest BCUT2D eigenvalue weighted by Crippen LogP contribution is -2.39. The second-order valence-corrected chi connectivity index (χ2v) is 5.64. The minimum atomic E-state index is -4.53. The van der Waals surface area contributed by atoms with Crippen LogP contribution in [-0.4, -0.2) is 23.6 Å². The Morgan fingerprint density at radius 2 is 1.70 bits per heavy atom. The molecule has 7 heteroatoms. The lowest BCUT2D eigenvalue weighted by molar-refractivity contribution is -0.118. The molecule has 3 rings (SSSR count). The fourth-order valence-electron chi connectivity index (χ4n) is 2.44. The number of alkyl halides is 3. The molecule has 0 fully saturated rings. The third-order valence-electron chi connectivity index (χ3n) is 3.59. The first-order valence-electron chi connectivity index (χ1n) is 8.05. The number of anilines is 1. The molecule has 1 aromatic heterocycles. The SMILES string of the molecule is O=C(c1cccc(Oc2ccccn2)c1)N(CC(F)(F)F)c1ccccc1. The highest BCUT2D eigenvalue weighted by Gasteiger charge is 2.34. The first kappa shape index (κ1) is 18.4. The Bertz CT molecular complexity index is 900. The third-order valence-corrected chi connectivity index (χ3v) is 3.59. The van der Waals surface area contributed by atoms with Crippen LogP contribution in [0.3, 0.4) is 0 Å². The number of benzene rings is 2. The fraction of sp³-hybridized carbons (Fsp3) is 0.100. The van der Waals surface area contributed by atoms with Gasteiger partial charge in [0.15, 0.2) is 0 Å². The van der Waals surface area contributed by atoms with E-state index in [2.05, 4.69) is 4.98 Å². The van der Waals surface area contributed by atoms with E-state index in [9.17, 15) is 18.0 Å². The number of nitrogens with zero attached hydrogens (tertiary/aromatic N) is 2. The van der Waals surface area contributed by atoms with E-state index in [1.807, 2.05) is 0 Å². The van der Waals surface area contributed by atoms with Crippen LogP contribution in [0.5, 0.6) is 11.6 Å². The van der Waals surface area contributed by atoms with Crippen molar-refractivity contribution in [3.63, 3.8) is 0 Å². The van der Waals surface area contributed by atoms with Crippen LogP contribution in [0.2, 0.25) is 0 Å². The van der Waals surface area contributed by atoms with Crippen LogP contribution in [0.4, 0.5) is 18.9 Å². The highest BCUT2D eigenvalue weighted by Crippen LogP contribution is 2.26. The predicted molar refractivity (Wildman–Crippen MR) is 94.9 cm³/mol. The van der Waals surface area contributed by atoms with Gasteiger partial charge in [0.25, 0.3) is 5.91 Å². The third kappa shape index (κ3) is 5.07. The Hall–Kier alpha value is -3.35. The van der Waals surface area contributed by atoms with Crippen molar-refractivity contribution in [3.05, 3.63) is 84.6 Å². The Balaban J connectivity index is 1.88. The average molecular weight is 372 g/mol. The molecule has 2 aromatic carbocycles. The first-order valence-corrected chi connectivity index (χ1v) is 8.05. The van der Waals surface area contributed by atoms with Crippen molar-refractivity contribution >= 4 is 11.6 Å². The smallest absolute Gasteiger partial charge is 0.406 e. The van der Waals surface area contributed by atoms with Crippen molar-refractivity contribution < 1.29 is 22.7 Å².